The van der Waals surface area contributed by atoms with E-state index in [2.05, 4.69) is 35.3 Å². The molecule has 1 aliphatic rings. The Labute approximate surface area is 160 Å². The van der Waals surface area contributed by atoms with Crippen molar-refractivity contribution in [3.8, 4) is 0 Å². The Hall–Kier alpha value is -2.82. The Bertz CT molecular complexity index is 811. The fourth-order valence-corrected chi connectivity index (χ4v) is 3.60. The first-order valence-electron chi connectivity index (χ1n) is 9.51. The second-order valence-electron chi connectivity index (χ2n) is 7.22. The van der Waals surface area contributed by atoms with E-state index in [4.69, 9.17) is 5.73 Å². The van der Waals surface area contributed by atoms with Crippen molar-refractivity contribution in [2.24, 2.45) is 11.7 Å². The van der Waals surface area contributed by atoms with E-state index in [-0.39, 0.29) is 17.7 Å². The van der Waals surface area contributed by atoms with Crippen LogP contribution in [0.2, 0.25) is 0 Å². The van der Waals surface area contributed by atoms with Crippen LogP contribution in [0.3, 0.4) is 0 Å². The molecular weight excluding hydrogens is 338 g/mol. The number of rotatable bonds is 6. The predicted octanol–water partition coefficient (Wildman–Crippen LogP) is 3.27. The lowest BCUT2D eigenvalue weighted by molar-refractivity contribution is -0.122. The molecule has 0 radical (unpaired) electrons. The minimum absolute atomic E-state index is 0.0102. The molecule has 142 valence electrons. The molecule has 5 heteroatoms. The van der Waals surface area contributed by atoms with Gasteiger partial charge in [-0.05, 0) is 43.9 Å². The topological polar surface area (TPSA) is 75.4 Å². The zero-order valence-corrected chi connectivity index (χ0v) is 15.8. The summed E-state index contributed by atoms with van der Waals surface area (Å²) in [6.07, 6.45) is 2.68. The van der Waals surface area contributed by atoms with Crippen molar-refractivity contribution in [1.29, 1.82) is 0 Å². The van der Waals surface area contributed by atoms with Crippen molar-refractivity contribution in [2.75, 3.05) is 23.3 Å². The zero-order chi connectivity index (χ0) is 19.2. The first-order chi connectivity index (χ1) is 13.0. The third-order valence-electron chi connectivity index (χ3n) is 5.14. The first kappa shape index (κ1) is 19.0. The summed E-state index contributed by atoms with van der Waals surface area (Å²) in [5.74, 6) is -0.249. The number of hydrogen-bond donors (Lipinski definition) is 2. The summed E-state index contributed by atoms with van der Waals surface area (Å²) in [5.41, 5.74) is 9.63. The van der Waals surface area contributed by atoms with Crippen molar-refractivity contribution in [1.82, 2.24) is 0 Å². The monoisotopic (exact) mass is 365 g/mol. The number of nitrogens with one attached hydrogen (secondary N) is 1. The standard InChI is InChI=1S/C22H27N3O2/c1-16-5-4-6-17(15-16)9-10-21(26)24-19-7-2-3-8-20(19)25-13-11-18(12-14-25)22(23)27/h2-8,15,18H,9-14H2,1H3,(H2,23,27)(H,24,26). The molecule has 3 rings (SSSR count). The van der Waals surface area contributed by atoms with Gasteiger partial charge in [-0.1, -0.05) is 42.0 Å². The van der Waals surface area contributed by atoms with Crippen molar-refractivity contribution in [2.45, 2.75) is 32.6 Å². The van der Waals surface area contributed by atoms with Crippen molar-refractivity contribution in [3.63, 3.8) is 0 Å². The molecule has 2 amide bonds. The van der Waals surface area contributed by atoms with E-state index in [1.807, 2.05) is 30.3 Å². The number of hydrogen-bond acceptors (Lipinski definition) is 3. The van der Waals surface area contributed by atoms with Gasteiger partial charge in [0.05, 0.1) is 11.4 Å². The molecule has 0 bridgehead atoms. The summed E-state index contributed by atoms with van der Waals surface area (Å²) >= 11 is 0. The van der Waals surface area contributed by atoms with Crippen molar-refractivity contribution < 1.29 is 9.59 Å². The number of nitrogens with zero attached hydrogens (tertiary/aromatic N) is 1. The van der Waals surface area contributed by atoms with Crippen LogP contribution in [0.5, 0.6) is 0 Å². The number of benzene rings is 2. The fourth-order valence-electron chi connectivity index (χ4n) is 3.60. The van der Waals surface area contributed by atoms with Crippen molar-refractivity contribution >= 4 is 23.2 Å². The first-order valence-corrected chi connectivity index (χ1v) is 9.51. The van der Waals surface area contributed by atoms with Crippen LogP contribution in [0.25, 0.3) is 0 Å². The molecule has 1 fully saturated rings. The maximum Gasteiger partial charge on any atom is 0.224 e. The number of carbonyl (C=O) groups excluding carboxylic acids is 2. The van der Waals surface area contributed by atoms with Gasteiger partial charge in [0, 0.05) is 25.4 Å². The summed E-state index contributed by atoms with van der Waals surface area (Å²) < 4.78 is 0. The van der Waals surface area contributed by atoms with Crippen LogP contribution in [0.15, 0.2) is 48.5 Å². The number of piperidine rings is 1. The van der Waals surface area contributed by atoms with E-state index in [9.17, 15) is 9.59 Å². The average molecular weight is 365 g/mol. The molecule has 0 spiro atoms. The van der Waals surface area contributed by atoms with E-state index < -0.39 is 0 Å². The Kier molecular flexibility index (Phi) is 6.12. The molecule has 3 N–H and O–H groups in total. The Morgan fingerprint density at radius 1 is 1.11 bits per heavy atom. The van der Waals surface area contributed by atoms with Gasteiger partial charge in [0.25, 0.3) is 0 Å². The number of primary amides is 1. The van der Waals surface area contributed by atoms with E-state index in [1.165, 1.54) is 11.1 Å². The summed E-state index contributed by atoms with van der Waals surface area (Å²) in [6, 6.07) is 16.1. The highest BCUT2D eigenvalue weighted by Gasteiger charge is 2.24. The molecule has 1 heterocycles. The number of carbonyl (C=O) groups is 2. The maximum atomic E-state index is 12.5. The van der Waals surface area contributed by atoms with Crippen molar-refractivity contribution in [3.05, 3.63) is 59.7 Å². The largest absolute Gasteiger partial charge is 0.370 e. The lowest BCUT2D eigenvalue weighted by atomic mass is 9.96. The minimum Gasteiger partial charge on any atom is -0.370 e. The van der Waals surface area contributed by atoms with Crippen LogP contribution in [-0.4, -0.2) is 24.9 Å². The van der Waals surface area contributed by atoms with E-state index >= 15 is 0 Å². The molecule has 5 nitrogen and oxygen atoms in total. The van der Waals surface area contributed by atoms with Crippen LogP contribution in [-0.2, 0) is 16.0 Å². The number of amides is 2. The number of para-hydroxylation sites is 2. The van der Waals surface area contributed by atoms with E-state index in [0.29, 0.717) is 6.42 Å². The Balaban J connectivity index is 1.60. The van der Waals surface area contributed by atoms with Crippen LogP contribution < -0.4 is 16.0 Å². The van der Waals surface area contributed by atoms with Gasteiger partial charge in [-0.25, -0.2) is 0 Å². The van der Waals surface area contributed by atoms with Gasteiger partial charge in [-0.3, -0.25) is 9.59 Å². The van der Waals surface area contributed by atoms with Gasteiger partial charge in [0.15, 0.2) is 0 Å². The maximum absolute atomic E-state index is 12.5. The number of anilines is 2. The zero-order valence-electron chi connectivity index (χ0n) is 15.8. The molecule has 0 saturated carbocycles. The third kappa shape index (κ3) is 5.09. The van der Waals surface area contributed by atoms with Gasteiger partial charge >= 0.3 is 0 Å². The molecule has 2 aromatic rings. The van der Waals surface area contributed by atoms with Gasteiger partial charge in [0.1, 0.15) is 0 Å². The Morgan fingerprint density at radius 3 is 2.56 bits per heavy atom. The van der Waals surface area contributed by atoms with Crippen LogP contribution in [0, 0.1) is 12.8 Å². The van der Waals surface area contributed by atoms with Gasteiger partial charge in [-0.15, -0.1) is 0 Å². The molecule has 1 saturated heterocycles. The predicted molar refractivity (Wildman–Crippen MR) is 109 cm³/mol. The normalized spacial score (nSPS) is 14.8. The quantitative estimate of drug-likeness (QED) is 0.825. The lowest BCUT2D eigenvalue weighted by Gasteiger charge is -2.33. The Morgan fingerprint density at radius 2 is 1.85 bits per heavy atom. The third-order valence-corrected chi connectivity index (χ3v) is 5.14. The highest BCUT2D eigenvalue weighted by molar-refractivity contribution is 5.94. The molecule has 0 aromatic heterocycles. The molecule has 0 atom stereocenters. The van der Waals surface area contributed by atoms with Crippen LogP contribution in [0.4, 0.5) is 11.4 Å². The van der Waals surface area contributed by atoms with Crippen LogP contribution in [0.1, 0.15) is 30.4 Å². The van der Waals surface area contributed by atoms with Gasteiger partial charge in [0.2, 0.25) is 11.8 Å². The molecule has 27 heavy (non-hydrogen) atoms. The van der Waals surface area contributed by atoms with E-state index in [1.54, 1.807) is 0 Å². The van der Waals surface area contributed by atoms with Gasteiger partial charge < -0.3 is 16.0 Å². The number of nitrogens with two attached hydrogens (primary N) is 1. The molecule has 0 unspecified atom stereocenters. The minimum atomic E-state index is -0.215. The second-order valence-corrected chi connectivity index (χ2v) is 7.22. The lowest BCUT2D eigenvalue weighted by Crippen LogP contribution is -2.38. The summed E-state index contributed by atoms with van der Waals surface area (Å²) in [7, 11) is 0. The average Bonchev–Trinajstić information content (AvgIpc) is 2.67. The van der Waals surface area contributed by atoms with E-state index in [0.717, 1.165) is 43.7 Å². The molecule has 1 aliphatic heterocycles. The summed E-state index contributed by atoms with van der Waals surface area (Å²) in [5, 5.41) is 3.05. The van der Waals surface area contributed by atoms with Gasteiger partial charge in [-0.2, -0.15) is 0 Å². The number of aryl methyl sites for hydroxylation is 2. The SMILES string of the molecule is Cc1cccc(CCC(=O)Nc2ccccc2N2CCC(C(N)=O)CC2)c1. The smallest absolute Gasteiger partial charge is 0.224 e. The summed E-state index contributed by atoms with van der Waals surface area (Å²) in [6.45, 7) is 3.59. The molecular formula is C22H27N3O2. The highest BCUT2D eigenvalue weighted by Crippen LogP contribution is 2.30. The highest BCUT2D eigenvalue weighted by atomic mass is 16.2. The van der Waals surface area contributed by atoms with Crippen LogP contribution >= 0.6 is 0 Å². The molecule has 2 aromatic carbocycles. The molecule has 0 aliphatic carbocycles. The second kappa shape index (κ2) is 8.71. The summed E-state index contributed by atoms with van der Waals surface area (Å²) in [4.78, 5) is 26.0. The fraction of sp³-hybridized carbons (Fsp3) is 0.364.